The first-order valence-corrected chi connectivity index (χ1v) is 9.48. The number of anilines is 1. The number of thioether (sulfide) groups is 1. The van der Waals surface area contributed by atoms with Crippen LogP contribution in [-0.4, -0.2) is 27.9 Å². The summed E-state index contributed by atoms with van der Waals surface area (Å²) in [6.45, 7) is 6.69. The molecule has 1 atom stereocenters. The maximum absolute atomic E-state index is 12.9. The molecule has 1 aromatic carbocycles. The predicted molar refractivity (Wildman–Crippen MR) is 96.8 cm³/mol. The molecule has 0 aliphatic carbocycles. The van der Waals surface area contributed by atoms with Crippen LogP contribution in [0.3, 0.4) is 0 Å². The average molecular weight is 369 g/mol. The van der Waals surface area contributed by atoms with Crippen LogP contribution < -0.4 is 10.6 Å². The molecule has 0 fully saturated rings. The van der Waals surface area contributed by atoms with Gasteiger partial charge in [0.2, 0.25) is 11.0 Å². The minimum absolute atomic E-state index is 0.00257. The number of hydrogen-bond acceptors (Lipinski definition) is 6. The van der Waals surface area contributed by atoms with E-state index in [4.69, 9.17) is 0 Å². The summed E-state index contributed by atoms with van der Waals surface area (Å²) in [7, 11) is 0. The molecule has 2 aromatic rings. The van der Waals surface area contributed by atoms with E-state index in [2.05, 4.69) is 34.7 Å². The zero-order chi connectivity index (χ0) is 17.5. The van der Waals surface area contributed by atoms with Crippen LogP contribution in [0.25, 0.3) is 0 Å². The largest absolute Gasteiger partial charge is 0.356 e. The van der Waals surface area contributed by atoms with Crippen LogP contribution in [0.5, 0.6) is 0 Å². The van der Waals surface area contributed by atoms with E-state index in [0.29, 0.717) is 23.3 Å². The van der Waals surface area contributed by atoms with Gasteiger partial charge in [0.1, 0.15) is 5.82 Å². The lowest BCUT2D eigenvalue weighted by Crippen LogP contribution is -2.37. The van der Waals surface area contributed by atoms with Crippen molar-refractivity contribution < 1.29 is 9.18 Å². The number of carbonyl (C=O) groups excluding carboxylic acids is 1. The molecule has 2 rings (SSSR count). The summed E-state index contributed by atoms with van der Waals surface area (Å²) in [6, 6.07) is 6.45. The Balaban J connectivity index is 1.76. The second-order valence-corrected chi connectivity index (χ2v) is 7.94. The molecule has 0 aliphatic rings. The van der Waals surface area contributed by atoms with Crippen molar-refractivity contribution in [1.29, 1.82) is 0 Å². The first-order chi connectivity index (χ1) is 11.4. The Kier molecular flexibility index (Phi) is 6.99. The van der Waals surface area contributed by atoms with Gasteiger partial charge in [-0.3, -0.25) is 4.79 Å². The number of hydrogen-bond donors (Lipinski definition) is 2. The van der Waals surface area contributed by atoms with E-state index in [1.807, 2.05) is 6.92 Å². The van der Waals surface area contributed by atoms with Crippen molar-refractivity contribution in [3.63, 3.8) is 0 Å². The summed E-state index contributed by atoms with van der Waals surface area (Å²) in [5.74, 6) is 0.474. The molecule has 8 heteroatoms. The Morgan fingerprint density at radius 3 is 2.62 bits per heavy atom. The molecule has 0 saturated heterocycles. The fraction of sp³-hybridized carbons (Fsp3) is 0.438. The Hall–Kier alpha value is -1.67. The number of amides is 1. The zero-order valence-corrected chi connectivity index (χ0v) is 15.5. The predicted octanol–water partition coefficient (Wildman–Crippen LogP) is 3.54. The van der Waals surface area contributed by atoms with Gasteiger partial charge in [0.15, 0.2) is 4.34 Å². The highest BCUT2D eigenvalue weighted by Crippen LogP contribution is 2.25. The van der Waals surface area contributed by atoms with Gasteiger partial charge in [0.05, 0.1) is 5.75 Å². The average Bonchev–Trinajstić information content (AvgIpc) is 3.00. The minimum atomic E-state index is -0.251. The highest BCUT2D eigenvalue weighted by molar-refractivity contribution is 8.01. The number of nitrogens with one attached hydrogen (secondary N) is 2. The van der Waals surface area contributed by atoms with Crippen LogP contribution in [0.2, 0.25) is 0 Å². The maximum Gasteiger partial charge on any atom is 0.230 e. The molecular formula is C16H21FN4OS2. The molecular weight excluding hydrogens is 347 g/mol. The fourth-order valence-electron chi connectivity index (χ4n) is 1.71. The second kappa shape index (κ2) is 8.98. The lowest BCUT2D eigenvalue weighted by molar-refractivity contribution is -0.119. The van der Waals surface area contributed by atoms with Crippen molar-refractivity contribution >= 4 is 34.1 Å². The van der Waals surface area contributed by atoms with Crippen molar-refractivity contribution in [2.75, 3.05) is 11.1 Å². The van der Waals surface area contributed by atoms with Gasteiger partial charge in [0.25, 0.3) is 0 Å². The summed E-state index contributed by atoms with van der Waals surface area (Å²) in [6.07, 6.45) is 0. The van der Waals surface area contributed by atoms with Gasteiger partial charge < -0.3 is 10.6 Å². The summed E-state index contributed by atoms with van der Waals surface area (Å²) in [5.41, 5.74) is 0.961. The molecule has 2 N–H and O–H groups in total. The van der Waals surface area contributed by atoms with Crippen LogP contribution in [0.15, 0.2) is 28.6 Å². The maximum atomic E-state index is 12.9. The van der Waals surface area contributed by atoms with E-state index in [1.165, 1.54) is 35.2 Å². The molecule has 0 radical (unpaired) electrons. The third-order valence-electron chi connectivity index (χ3n) is 3.48. The van der Waals surface area contributed by atoms with Crippen LogP contribution in [-0.2, 0) is 11.3 Å². The number of halogens is 1. The van der Waals surface area contributed by atoms with Crippen LogP contribution in [0.4, 0.5) is 9.52 Å². The number of nitrogens with zero attached hydrogens (tertiary/aromatic N) is 2. The van der Waals surface area contributed by atoms with Gasteiger partial charge in [-0.2, -0.15) is 0 Å². The summed E-state index contributed by atoms with van der Waals surface area (Å²) in [5, 5.41) is 14.9. The standard InChI is InChI=1S/C16H21FN4OS2/c1-10(2)11(3)19-14(22)9-23-16-21-20-15(24-16)18-8-12-4-6-13(17)7-5-12/h4-7,10-11H,8-9H2,1-3H3,(H,18,20)(H,19,22). The number of benzene rings is 1. The minimum Gasteiger partial charge on any atom is -0.356 e. The van der Waals surface area contributed by atoms with Crippen LogP contribution >= 0.6 is 23.1 Å². The van der Waals surface area contributed by atoms with Crippen molar-refractivity contribution in [2.45, 2.75) is 37.7 Å². The summed E-state index contributed by atoms with van der Waals surface area (Å²) in [4.78, 5) is 11.9. The van der Waals surface area contributed by atoms with Gasteiger partial charge in [-0.05, 0) is 30.5 Å². The second-order valence-electron chi connectivity index (χ2n) is 5.74. The molecule has 5 nitrogen and oxygen atoms in total. The first-order valence-electron chi connectivity index (χ1n) is 7.68. The molecule has 1 unspecified atom stereocenters. The monoisotopic (exact) mass is 368 g/mol. The molecule has 0 saturated carbocycles. The Morgan fingerprint density at radius 1 is 1.25 bits per heavy atom. The van der Waals surface area contributed by atoms with Gasteiger partial charge >= 0.3 is 0 Å². The van der Waals surface area contributed by atoms with Crippen molar-refractivity contribution in [1.82, 2.24) is 15.5 Å². The normalized spacial score (nSPS) is 12.2. The van der Waals surface area contributed by atoms with Gasteiger partial charge in [-0.1, -0.05) is 49.1 Å². The van der Waals surface area contributed by atoms with Gasteiger partial charge in [-0.15, -0.1) is 10.2 Å². The van der Waals surface area contributed by atoms with Crippen LogP contribution in [0, 0.1) is 11.7 Å². The van der Waals surface area contributed by atoms with E-state index < -0.39 is 0 Å². The van der Waals surface area contributed by atoms with Crippen molar-refractivity contribution in [2.24, 2.45) is 5.92 Å². The Labute approximate surface area is 149 Å². The van der Waals surface area contributed by atoms with Crippen molar-refractivity contribution in [3.05, 3.63) is 35.6 Å². The van der Waals surface area contributed by atoms with Gasteiger partial charge in [0, 0.05) is 12.6 Å². The molecule has 130 valence electrons. The molecule has 1 amide bonds. The molecule has 1 aromatic heterocycles. The van der Waals surface area contributed by atoms with E-state index in [1.54, 1.807) is 12.1 Å². The van der Waals surface area contributed by atoms with E-state index in [9.17, 15) is 9.18 Å². The van der Waals surface area contributed by atoms with E-state index >= 15 is 0 Å². The third kappa shape index (κ3) is 6.09. The molecule has 24 heavy (non-hydrogen) atoms. The highest BCUT2D eigenvalue weighted by atomic mass is 32.2. The number of aromatic nitrogens is 2. The van der Waals surface area contributed by atoms with E-state index in [-0.39, 0.29) is 17.8 Å². The smallest absolute Gasteiger partial charge is 0.230 e. The summed E-state index contributed by atoms with van der Waals surface area (Å²) < 4.78 is 13.6. The highest BCUT2D eigenvalue weighted by Gasteiger charge is 2.12. The van der Waals surface area contributed by atoms with E-state index in [0.717, 1.165) is 9.90 Å². The molecule has 0 aliphatic heterocycles. The SMILES string of the molecule is CC(C)C(C)NC(=O)CSc1nnc(NCc2ccc(F)cc2)s1. The quantitative estimate of drug-likeness (QED) is 0.698. The topological polar surface area (TPSA) is 66.9 Å². The zero-order valence-electron chi connectivity index (χ0n) is 13.9. The molecule has 0 spiro atoms. The fourth-order valence-corrected chi connectivity index (χ4v) is 3.27. The number of carbonyl (C=O) groups is 1. The summed E-state index contributed by atoms with van der Waals surface area (Å²) >= 11 is 2.77. The number of rotatable bonds is 8. The lowest BCUT2D eigenvalue weighted by atomic mass is 10.1. The van der Waals surface area contributed by atoms with Gasteiger partial charge in [-0.25, -0.2) is 4.39 Å². The molecule has 0 bridgehead atoms. The lowest BCUT2D eigenvalue weighted by Gasteiger charge is -2.16. The Bertz CT molecular complexity index is 660. The molecule has 1 heterocycles. The van der Waals surface area contributed by atoms with Crippen LogP contribution in [0.1, 0.15) is 26.3 Å². The third-order valence-corrected chi connectivity index (χ3v) is 5.49. The van der Waals surface area contributed by atoms with Crippen molar-refractivity contribution in [3.8, 4) is 0 Å². The first kappa shape index (κ1) is 18.7. The Morgan fingerprint density at radius 2 is 1.96 bits per heavy atom.